The number of benzene rings is 2. The number of nitrogens with one attached hydrogen (secondary N) is 1. The van der Waals surface area contributed by atoms with Gasteiger partial charge in [-0.15, -0.1) is 0 Å². The molecule has 0 bridgehead atoms. The van der Waals surface area contributed by atoms with Crippen LogP contribution in [-0.2, 0) is 22.4 Å². The number of carbonyl (C=O) groups is 2. The minimum Gasteiger partial charge on any atom is -0.507 e. The number of aromatic hydroxyl groups is 1. The molecule has 0 saturated heterocycles. The molecule has 0 aromatic heterocycles. The van der Waals surface area contributed by atoms with E-state index in [9.17, 15) is 14.7 Å². The van der Waals surface area contributed by atoms with E-state index in [0.29, 0.717) is 10.7 Å². The molecule has 0 fully saturated rings. The number of halogens is 1. The van der Waals surface area contributed by atoms with E-state index in [2.05, 4.69) is 5.32 Å². The summed E-state index contributed by atoms with van der Waals surface area (Å²) in [5.74, 6) is -1.51. The van der Waals surface area contributed by atoms with E-state index < -0.39 is 18.5 Å². The zero-order valence-electron chi connectivity index (χ0n) is 12.8. The SMILES string of the molecule is O=C(COC(=O)c1ccc(Cl)cc1O)Nc1ccc2c(c1)CCC2. The van der Waals surface area contributed by atoms with Gasteiger partial charge >= 0.3 is 5.97 Å². The maximum atomic E-state index is 11.9. The van der Waals surface area contributed by atoms with Crippen LogP contribution in [0.25, 0.3) is 0 Å². The molecule has 0 radical (unpaired) electrons. The van der Waals surface area contributed by atoms with Crippen LogP contribution in [0.2, 0.25) is 5.02 Å². The van der Waals surface area contributed by atoms with Crippen molar-refractivity contribution < 1.29 is 19.4 Å². The highest BCUT2D eigenvalue weighted by atomic mass is 35.5. The molecule has 0 saturated carbocycles. The topological polar surface area (TPSA) is 75.6 Å². The molecule has 1 aliphatic carbocycles. The molecule has 24 heavy (non-hydrogen) atoms. The van der Waals surface area contributed by atoms with E-state index in [1.165, 1.54) is 29.3 Å². The van der Waals surface area contributed by atoms with Gasteiger partial charge in [-0.25, -0.2) is 4.79 Å². The molecule has 124 valence electrons. The van der Waals surface area contributed by atoms with Gasteiger partial charge in [0.05, 0.1) is 0 Å². The number of esters is 1. The lowest BCUT2D eigenvalue weighted by atomic mass is 10.1. The van der Waals surface area contributed by atoms with Crippen molar-refractivity contribution in [2.75, 3.05) is 11.9 Å². The van der Waals surface area contributed by atoms with Gasteiger partial charge in [0.25, 0.3) is 5.91 Å². The van der Waals surface area contributed by atoms with Crippen LogP contribution in [0, 0.1) is 0 Å². The average Bonchev–Trinajstić information content (AvgIpc) is 3.00. The summed E-state index contributed by atoms with van der Waals surface area (Å²) in [6.45, 7) is -0.433. The maximum Gasteiger partial charge on any atom is 0.342 e. The minimum atomic E-state index is -0.784. The minimum absolute atomic E-state index is 0.0373. The van der Waals surface area contributed by atoms with Crippen LogP contribution in [0.1, 0.15) is 27.9 Å². The molecule has 0 unspecified atom stereocenters. The summed E-state index contributed by atoms with van der Waals surface area (Å²) < 4.78 is 4.92. The highest BCUT2D eigenvalue weighted by molar-refractivity contribution is 6.30. The van der Waals surface area contributed by atoms with Gasteiger partial charge in [-0.3, -0.25) is 4.79 Å². The number of hydrogen-bond acceptors (Lipinski definition) is 4. The van der Waals surface area contributed by atoms with Crippen molar-refractivity contribution >= 4 is 29.2 Å². The fourth-order valence-electron chi connectivity index (χ4n) is 2.73. The van der Waals surface area contributed by atoms with Crippen molar-refractivity contribution in [3.05, 3.63) is 58.1 Å². The first kappa shape index (κ1) is 16.3. The van der Waals surface area contributed by atoms with Gasteiger partial charge in [0, 0.05) is 10.7 Å². The number of aryl methyl sites for hydroxylation is 2. The highest BCUT2D eigenvalue weighted by Crippen LogP contribution is 2.25. The van der Waals surface area contributed by atoms with E-state index >= 15 is 0 Å². The Kier molecular flexibility index (Phi) is 4.71. The number of hydrogen-bond donors (Lipinski definition) is 2. The first-order valence-corrected chi connectivity index (χ1v) is 7.98. The monoisotopic (exact) mass is 345 g/mol. The Labute approximate surface area is 144 Å². The van der Waals surface area contributed by atoms with Crippen LogP contribution in [0.15, 0.2) is 36.4 Å². The molecule has 0 spiro atoms. The third-order valence-electron chi connectivity index (χ3n) is 3.90. The molecule has 2 N–H and O–H groups in total. The summed E-state index contributed by atoms with van der Waals surface area (Å²) in [5.41, 5.74) is 3.21. The zero-order chi connectivity index (χ0) is 17.1. The molecular weight excluding hydrogens is 330 g/mol. The van der Waals surface area contributed by atoms with Crippen LogP contribution in [0.4, 0.5) is 5.69 Å². The Morgan fingerprint density at radius 2 is 1.92 bits per heavy atom. The Morgan fingerprint density at radius 3 is 2.71 bits per heavy atom. The Hall–Kier alpha value is -2.53. The standard InChI is InChI=1S/C18H16ClNO4/c19-13-5-7-15(16(21)9-13)18(23)24-10-17(22)20-14-6-4-11-2-1-3-12(11)8-14/h4-9,21H,1-3,10H2,(H,20,22). The van der Waals surface area contributed by atoms with Gasteiger partial charge in [0.1, 0.15) is 11.3 Å². The largest absolute Gasteiger partial charge is 0.507 e. The molecule has 1 aliphatic rings. The van der Waals surface area contributed by atoms with E-state index in [1.54, 1.807) is 0 Å². The van der Waals surface area contributed by atoms with Gasteiger partial charge in [0.15, 0.2) is 6.61 Å². The van der Waals surface area contributed by atoms with Crippen LogP contribution in [0.5, 0.6) is 5.75 Å². The Balaban J connectivity index is 1.56. The lowest BCUT2D eigenvalue weighted by Gasteiger charge is -2.09. The zero-order valence-corrected chi connectivity index (χ0v) is 13.6. The summed E-state index contributed by atoms with van der Waals surface area (Å²) in [6, 6.07) is 9.85. The quantitative estimate of drug-likeness (QED) is 0.833. The third-order valence-corrected chi connectivity index (χ3v) is 4.13. The number of phenols is 1. The van der Waals surface area contributed by atoms with Crippen LogP contribution < -0.4 is 5.32 Å². The number of phenolic OH excluding ortho intramolecular Hbond substituents is 1. The van der Waals surface area contributed by atoms with Gasteiger partial charge < -0.3 is 15.2 Å². The van der Waals surface area contributed by atoms with Crippen molar-refractivity contribution in [3.8, 4) is 5.75 Å². The molecular formula is C18H16ClNO4. The first-order chi connectivity index (χ1) is 11.5. The van der Waals surface area contributed by atoms with Gasteiger partial charge in [0.2, 0.25) is 0 Å². The number of carbonyl (C=O) groups excluding carboxylic acids is 2. The van der Waals surface area contributed by atoms with Crippen LogP contribution >= 0.6 is 11.6 Å². The number of ether oxygens (including phenoxy) is 1. The number of fused-ring (bicyclic) bond motifs is 1. The molecule has 0 aliphatic heterocycles. The highest BCUT2D eigenvalue weighted by Gasteiger charge is 2.16. The molecule has 3 rings (SSSR count). The van der Waals surface area contributed by atoms with E-state index in [0.717, 1.165) is 19.3 Å². The van der Waals surface area contributed by atoms with E-state index in [-0.39, 0.29) is 11.3 Å². The smallest absolute Gasteiger partial charge is 0.342 e. The normalized spacial score (nSPS) is 12.5. The summed E-state index contributed by atoms with van der Waals surface area (Å²) in [7, 11) is 0. The lowest BCUT2D eigenvalue weighted by molar-refractivity contribution is -0.119. The molecule has 2 aromatic carbocycles. The fourth-order valence-corrected chi connectivity index (χ4v) is 2.90. The van der Waals surface area contributed by atoms with Crippen molar-refractivity contribution in [3.63, 3.8) is 0 Å². The second kappa shape index (κ2) is 6.93. The first-order valence-electron chi connectivity index (χ1n) is 7.60. The van der Waals surface area contributed by atoms with E-state index in [4.69, 9.17) is 16.3 Å². The third kappa shape index (κ3) is 3.68. The summed E-state index contributed by atoms with van der Waals surface area (Å²) >= 11 is 5.70. The predicted molar refractivity (Wildman–Crippen MR) is 90.5 cm³/mol. The Bertz CT molecular complexity index is 804. The average molecular weight is 346 g/mol. The molecule has 1 amide bonds. The number of anilines is 1. The second-order valence-corrected chi connectivity index (χ2v) is 6.06. The number of amides is 1. The maximum absolute atomic E-state index is 11.9. The van der Waals surface area contributed by atoms with Crippen LogP contribution in [0.3, 0.4) is 0 Å². The fraction of sp³-hybridized carbons (Fsp3) is 0.222. The van der Waals surface area contributed by atoms with Crippen LogP contribution in [-0.4, -0.2) is 23.6 Å². The van der Waals surface area contributed by atoms with E-state index in [1.807, 2.05) is 18.2 Å². The molecule has 2 aromatic rings. The predicted octanol–water partition coefficient (Wildman–Crippen LogP) is 3.33. The molecule has 6 heteroatoms. The van der Waals surface area contributed by atoms with Crippen molar-refractivity contribution in [1.82, 2.24) is 0 Å². The lowest BCUT2D eigenvalue weighted by Crippen LogP contribution is -2.21. The molecule has 0 heterocycles. The Morgan fingerprint density at radius 1 is 1.12 bits per heavy atom. The second-order valence-electron chi connectivity index (χ2n) is 5.62. The van der Waals surface area contributed by atoms with Crippen molar-refractivity contribution in [1.29, 1.82) is 0 Å². The molecule has 0 atom stereocenters. The van der Waals surface area contributed by atoms with Gasteiger partial charge in [-0.2, -0.15) is 0 Å². The van der Waals surface area contributed by atoms with Gasteiger partial charge in [-0.05, 0) is 60.7 Å². The van der Waals surface area contributed by atoms with Crippen molar-refractivity contribution in [2.45, 2.75) is 19.3 Å². The number of rotatable bonds is 4. The van der Waals surface area contributed by atoms with Crippen molar-refractivity contribution in [2.24, 2.45) is 0 Å². The summed E-state index contributed by atoms with van der Waals surface area (Å²) in [6.07, 6.45) is 3.23. The summed E-state index contributed by atoms with van der Waals surface area (Å²) in [5, 5.41) is 12.7. The molecule has 5 nitrogen and oxygen atoms in total. The van der Waals surface area contributed by atoms with Gasteiger partial charge in [-0.1, -0.05) is 17.7 Å². The summed E-state index contributed by atoms with van der Waals surface area (Å²) in [4.78, 5) is 23.8.